The number of hydrogen-bond donors (Lipinski definition) is 4. The van der Waals surface area contributed by atoms with Crippen LogP contribution >= 0.6 is 0 Å². The number of benzene rings is 3. The predicted molar refractivity (Wildman–Crippen MR) is 178 cm³/mol. The SMILES string of the molecule is CCCCc1nc(Cc2ccc(CNC(=O)CCC(NC(C)=O)C(=O)O)cc2)nn1Cc1ccc(-c2ccccc2-c2nn[nH]n2)cc1. The van der Waals surface area contributed by atoms with E-state index in [1.54, 1.807) is 0 Å². The molecule has 0 saturated heterocycles. The third kappa shape index (κ3) is 9.18. The zero-order valence-corrected chi connectivity index (χ0v) is 27.0. The van der Waals surface area contributed by atoms with Crippen molar-refractivity contribution in [1.82, 2.24) is 46.0 Å². The van der Waals surface area contributed by atoms with Crippen LogP contribution < -0.4 is 10.6 Å². The van der Waals surface area contributed by atoms with E-state index in [-0.39, 0.29) is 18.7 Å². The Morgan fingerprint density at radius 2 is 1.65 bits per heavy atom. The number of carboxylic acid groups (broad SMARTS) is 1. The predicted octanol–water partition coefficient (Wildman–Crippen LogP) is 4.09. The lowest BCUT2D eigenvalue weighted by atomic mass is 9.98. The molecule has 0 saturated carbocycles. The number of nitrogens with one attached hydrogen (secondary N) is 3. The second-order valence-electron chi connectivity index (χ2n) is 11.6. The topological polar surface area (TPSA) is 181 Å². The van der Waals surface area contributed by atoms with Crippen molar-refractivity contribution in [3.63, 3.8) is 0 Å². The van der Waals surface area contributed by atoms with Crippen molar-refractivity contribution in [1.29, 1.82) is 0 Å². The second-order valence-corrected chi connectivity index (χ2v) is 11.6. The van der Waals surface area contributed by atoms with Gasteiger partial charge in [0.15, 0.2) is 5.82 Å². The maximum atomic E-state index is 12.3. The van der Waals surface area contributed by atoms with Crippen LogP contribution in [0.2, 0.25) is 0 Å². The lowest BCUT2D eigenvalue weighted by Crippen LogP contribution is -2.40. The minimum Gasteiger partial charge on any atom is -0.480 e. The number of amides is 2. The maximum Gasteiger partial charge on any atom is 0.326 e. The van der Waals surface area contributed by atoms with Crippen LogP contribution in [0.15, 0.2) is 72.8 Å². The molecule has 48 heavy (non-hydrogen) atoms. The summed E-state index contributed by atoms with van der Waals surface area (Å²) in [6.07, 6.45) is 3.50. The number of unbranched alkanes of at least 4 members (excludes halogenated alkanes) is 1. The molecule has 0 aliphatic heterocycles. The van der Waals surface area contributed by atoms with E-state index < -0.39 is 17.9 Å². The van der Waals surface area contributed by atoms with Gasteiger partial charge in [-0.2, -0.15) is 10.3 Å². The van der Waals surface area contributed by atoms with Crippen LogP contribution in [0.5, 0.6) is 0 Å². The Morgan fingerprint density at radius 1 is 0.938 bits per heavy atom. The second kappa shape index (κ2) is 16.2. The van der Waals surface area contributed by atoms with Crippen molar-refractivity contribution in [3.05, 3.63) is 101 Å². The van der Waals surface area contributed by atoms with Gasteiger partial charge in [0.2, 0.25) is 17.6 Å². The molecular formula is C35H39N9O4. The van der Waals surface area contributed by atoms with Crippen LogP contribution in [-0.2, 0) is 40.3 Å². The lowest BCUT2D eigenvalue weighted by Gasteiger charge is -2.13. The average molecular weight is 650 g/mol. The number of hydrogen-bond acceptors (Lipinski definition) is 8. The molecule has 0 fully saturated rings. The fraction of sp³-hybridized carbons (Fsp3) is 0.314. The van der Waals surface area contributed by atoms with Crippen LogP contribution in [-0.4, -0.2) is 64.3 Å². The summed E-state index contributed by atoms with van der Waals surface area (Å²) >= 11 is 0. The number of aromatic nitrogens is 7. The van der Waals surface area contributed by atoms with Crippen LogP contribution in [0.25, 0.3) is 22.5 Å². The van der Waals surface area contributed by atoms with Crippen LogP contribution in [0.3, 0.4) is 0 Å². The molecule has 1 atom stereocenters. The zero-order chi connectivity index (χ0) is 33.9. The van der Waals surface area contributed by atoms with Crippen molar-refractivity contribution in [2.24, 2.45) is 0 Å². The van der Waals surface area contributed by atoms with Gasteiger partial charge in [0.05, 0.1) is 6.54 Å². The quantitative estimate of drug-likeness (QED) is 0.122. The standard InChI is InChI=1S/C35H39N9O4/c1-3-4-9-32-38-31(20-24-10-12-25(13-11-24)21-36-33(46)19-18-30(35(47)48)37-23(2)45)41-44(32)22-26-14-16-27(17-15-26)28-7-5-6-8-29(28)34-39-42-43-40-34/h5-8,10-17,30H,3-4,9,18-22H2,1-2H3,(H,36,46)(H,37,45)(H,47,48)(H,39,40,42,43). The summed E-state index contributed by atoms with van der Waals surface area (Å²) in [5, 5.41) is 33.8. The first-order chi connectivity index (χ1) is 23.3. The smallest absolute Gasteiger partial charge is 0.326 e. The van der Waals surface area contributed by atoms with Gasteiger partial charge in [-0.3, -0.25) is 9.59 Å². The Labute approximate surface area is 278 Å². The first kappa shape index (κ1) is 33.6. The van der Waals surface area contributed by atoms with Crippen molar-refractivity contribution >= 4 is 17.8 Å². The summed E-state index contributed by atoms with van der Waals surface area (Å²) in [5.41, 5.74) is 6.07. The van der Waals surface area contributed by atoms with Crippen molar-refractivity contribution < 1.29 is 19.5 Å². The maximum absolute atomic E-state index is 12.3. The monoisotopic (exact) mass is 649 g/mol. The number of aromatic amines is 1. The molecule has 248 valence electrons. The summed E-state index contributed by atoms with van der Waals surface area (Å²) in [6, 6.07) is 23.2. The first-order valence-corrected chi connectivity index (χ1v) is 16.0. The van der Waals surface area contributed by atoms with Gasteiger partial charge in [-0.05, 0) is 45.9 Å². The highest BCUT2D eigenvalue weighted by Crippen LogP contribution is 2.30. The van der Waals surface area contributed by atoms with Crippen LogP contribution in [0.4, 0.5) is 0 Å². The summed E-state index contributed by atoms with van der Waals surface area (Å²) in [7, 11) is 0. The molecule has 4 N–H and O–H groups in total. The molecule has 0 aliphatic rings. The summed E-state index contributed by atoms with van der Waals surface area (Å²) in [4.78, 5) is 39.6. The van der Waals surface area contributed by atoms with E-state index in [0.29, 0.717) is 25.3 Å². The molecule has 0 aliphatic carbocycles. The third-order valence-corrected chi connectivity index (χ3v) is 7.87. The van der Waals surface area contributed by atoms with Crippen molar-refractivity contribution in [2.45, 2.75) is 71.5 Å². The number of carboxylic acids is 1. The van der Waals surface area contributed by atoms with Gasteiger partial charge in [-0.25, -0.2) is 14.5 Å². The number of nitrogens with zero attached hydrogens (tertiary/aromatic N) is 6. The Kier molecular flexibility index (Phi) is 11.4. The van der Waals surface area contributed by atoms with E-state index in [2.05, 4.69) is 62.4 Å². The molecule has 5 aromatic rings. The first-order valence-electron chi connectivity index (χ1n) is 16.0. The van der Waals surface area contributed by atoms with Gasteiger partial charge in [0, 0.05) is 38.3 Å². The Bertz CT molecular complexity index is 1820. The summed E-state index contributed by atoms with van der Waals surface area (Å²) < 4.78 is 2.00. The van der Waals surface area contributed by atoms with Crippen LogP contribution in [0, 0.1) is 0 Å². The molecule has 3 aromatic carbocycles. The van der Waals surface area contributed by atoms with Gasteiger partial charge in [0.1, 0.15) is 11.9 Å². The number of carbonyl (C=O) groups excluding carboxylic acids is 2. The van der Waals surface area contributed by atoms with Gasteiger partial charge in [0.25, 0.3) is 0 Å². The highest BCUT2D eigenvalue weighted by atomic mass is 16.4. The molecule has 2 amide bonds. The van der Waals surface area contributed by atoms with E-state index >= 15 is 0 Å². The van der Waals surface area contributed by atoms with Gasteiger partial charge in [-0.15, -0.1) is 10.2 Å². The van der Waals surface area contributed by atoms with E-state index in [1.165, 1.54) is 6.92 Å². The molecule has 1 unspecified atom stereocenters. The largest absolute Gasteiger partial charge is 0.480 e. The Hall–Kier alpha value is -5.72. The van der Waals surface area contributed by atoms with Crippen molar-refractivity contribution in [3.8, 4) is 22.5 Å². The normalized spacial score (nSPS) is 11.6. The molecule has 2 heterocycles. The lowest BCUT2D eigenvalue weighted by molar-refractivity contribution is -0.141. The minimum absolute atomic E-state index is 0.0103. The average Bonchev–Trinajstić information content (AvgIpc) is 3.76. The van der Waals surface area contributed by atoms with E-state index in [9.17, 15) is 19.5 Å². The molecule has 0 bridgehead atoms. The van der Waals surface area contributed by atoms with E-state index in [1.807, 2.05) is 53.2 Å². The zero-order valence-electron chi connectivity index (χ0n) is 27.0. The molecule has 0 spiro atoms. The van der Waals surface area contributed by atoms with Gasteiger partial charge in [-0.1, -0.05) is 86.1 Å². The number of tetrazole rings is 1. The Balaban J connectivity index is 1.19. The number of carbonyl (C=O) groups is 3. The summed E-state index contributed by atoms with van der Waals surface area (Å²) in [5.74, 6) is 0.360. The Morgan fingerprint density at radius 3 is 2.31 bits per heavy atom. The number of rotatable bonds is 16. The van der Waals surface area contributed by atoms with E-state index in [4.69, 9.17) is 10.1 Å². The molecule has 5 rings (SSSR count). The number of aryl methyl sites for hydroxylation is 1. The third-order valence-electron chi connectivity index (χ3n) is 7.87. The molecule has 0 radical (unpaired) electrons. The molecule has 2 aromatic heterocycles. The van der Waals surface area contributed by atoms with E-state index in [0.717, 1.165) is 64.3 Å². The molecular weight excluding hydrogens is 610 g/mol. The molecule has 13 nitrogen and oxygen atoms in total. The van der Waals surface area contributed by atoms with Gasteiger partial charge < -0.3 is 15.7 Å². The fourth-order valence-corrected chi connectivity index (χ4v) is 5.34. The molecule has 13 heteroatoms. The van der Waals surface area contributed by atoms with Crippen molar-refractivity contribution in [2.75, 3.05) is 0 Å². The highest BCUT2D eigenvalue weighted by molar-refractivity contribution is 5.83. The number of H-pyrrole nitrogens is 1. The van der Waals surface area contributed by atoms with Gasteiger partial charge >= 0.3 is 5.97 Å². The number of aliphatic carboxylic acids is 1. The highest BCUT2D eigenvalue weighted by Gasteiger charge is 2.19. The van der Waals surface area contributed by atoms with Crippen LogP contribution in [0.1, 0.15) is 67.9 Å². The minimum atomic E-state index is -1.17. The fourth-order valence-electron chi connectivity index (χ4n) is 5.34. The summed E-state index contributed by atoms with van der Waals surface area (Å²) in [6.45, 7) is 4.33.